The predicted octanol–water partition coefficient (Wildman–Crippen LogP) is 18.5. The van der Waals surface area contributed by atoms with Gasteiger partial charge < -0.3 is 28.8 Å². The Bertz CT molecular complexity index is 1700. The highest BCUT2D eigenvalue weighted by Gasteiger charge is 2.24. The molecule has 0 radical (unpaired) electrons. The molecule has 0 aliphatic rings. The number of nitrogens with zero attached hydrogens (tertiary/aromatic N) is 1. The lowest BCUT2D eigenvalue weighted by Crippen LogP contribution is -2.46. The van der Waals surface area contributed by atoms with Crippen LogP contribution in [0.1, 0.15) is 232 Å². The van der Waals surface area contributed by atoms with Crippen molar-refractivity contribution in [1.29, 1.82) is 0 Å². The standard InChI is InChI=1S/C67H115N2O6P/c1-6-8-10-12-14-16-18-20-22-23-24-25-26-27-28-29-30-31-32-33-34-35-36-37-38-39-40-41-42-43-44-45-47-49-51-53-55-57-59-61-67(71)68-65(64-75-76(72,73)74-63-62-69(3,4)5)66(70)60-58-56-54-52-50-48-46-21-19-17-15-13-11-9-7-2/h8,10,14,16,20,22,24-25,27-28,30-31,33-34,36-37,39-40,42-43,45,47,65-66,70H,6-7,9,11-13,15,17-19,21,23,26,29,32,35,38,41,44,46,48-64H2,1-5H3,(H-,68,71,72,73)/b10-8-,16-14-,22-20-,25-24-,28-27-,31-30-,34-33-,37-36-,40-39-,43-42-,47-45-. The number of quaternary nitrogens is 1. The van der Waals surface area contributed by atoms with Crippen LogP contribution >= 0.6 is 7.82 Å². The second-order valence-electron chi connectivity index (χ2n) is 21.3. The number of nitrogens with one attached hydrogen (secondary N) is 1. The number of aliphatic hydroxyl groups excluding tert-OH is 1. The second-order valence-corrected chi connectivity index (χ2v) is 22.7. The van der Waals surface area contributed by atoms with E-state index in [1.165, 1.54) is 77.0 Å². The number of rotatable bonds is 54. The number of aliphatic hydroxyl groups is 1. The van der Waals surface area contributed by atoms with Crippen molar-refractivity contribution in [3.8, 4) is 0 Å². The van der Waals surface area contributed by atoms with Crippen molar-refractivity contribution in [2.45, 2.75) is 244 Å². The number of likely N-dealkylation sites (N-methyl/N-ethyl adjacent to an activating group) is 1. The first-order valence-corrected chi connectivity index (χ1v) is 32.0. The topological polar surface area (TPSA) is 108 Å². The van der Waals surface area contributed by atoms with E-state index < -0.39 is 20.0 Å². The van der Waals surface area contributed by atoms with Gasteiger partial charge in [-0.3, -0.25) is 9.36 Å². The summed E-state index contributed by atoms with van der Waals surface area (Å²) in [5.74, 6) is -0.188. The van der Waals surface area contributed by atoms with Crippen LogP contribution in [0.25, 0.3) is 0 Å². The molecule has 0 aromatic rings. The molecule has 76 heavy (non-hydrogen) atoms. The average Bonchev–Trinajstić information content (AvgIpc) is 3.38. The molecule has 0 aliphatic carbocycles. The molecule has 1 amide bonds. The molecule has 0 aromatic heterocycles. The molecule has 0 fully saturated rings. The summed E-state index contributed by atoms with van der Waals surface area (Å²) < 4.78 is 23.4. The third-order valence-corrected chi connectivity index (χ3v) is 13.9. The summed E-state index contributed by atoms with van der Waals surface area (Å²) >= 11 is 0. The van der Waals surface area contributed by atoms with E-state index in [0.29, 0.717) is 23.9 Å². The Morgan fingerprint density at radius 1 is 0.474 bits per heavy atom. The second kappa shape index (κ2) is 56.4. The Labute approximate surface area is 468 Å². The van der Waals surface area contributed by atoms with Gasteiger partial charge in [0, 0.05) is 6.42 Å². The van der Waals surface area contributed by atoms with Gasteiger partial charge in [0.05, 0.1) is 39.9 Å². The summed E-state index contributed by atoms with van der Waals surface area (Å²) in [6.45, 7) is 4.58. The van der Waals surface area contributed by atoms with Gasteiger partial charge in [0.2, 0.25) is 5.91 Å². The van der Waals surface area contributed by atoms with E-state index in [9.17, 15) is 19.4 Å². The van der Waals surface area contributed by atoms with E-state index in [4.69, 9.17) is 9.05 Å². The molecule has 3 unspecified atom stereocenters. The van der Waals surface area contributed by atoms with Crippen LogP contribution in [-0.2, 0) is 18.4 Å². The highest BCUT2D eigenvalue weighted by Crippen LogP contribution is 2.38. The van der Waals surface area contributed by atoms with Crippen LogP contribution in [0.5, 0.6) is 0 Å². The third-order valence-electron chi connectivity index (χ3n) is 12.9. The number of carbonyl (C=O) groups excluding carboxylic acids is 1. The number of hydrogen-bond acceptors (Lipinski definition) is 6. The molecular formula is C67H115N2O6P. The first-order chi connectivity index (χ1) is 37.0. The van der Waals surface area contributed by atoms with E-state index in [1.54, 1.807) is 0 Å². The summed E-state index contributed by atoms with van der Waals surface area (Å²) in [4.78, 5) is 25.5. The van der Waals surface area contributed by atoms with E-state index >= 15 is 0 Å². The van der Waals surface area contributed by atoms with Gasteiger partial charge in [0.15, 0.2) is 0 Å². The van der Waals surface area contributed by atoms with Crippen LogP contribution in [0.15, 0.2) is 134 Å². The SMILES string of the molecule is CC/C=C\C/C=C\C/C=C\C/C=C\C/C=C\C/C=C\C/C=C\C/C=C\C/C=C\C/C=C\C/C=C\CCCCCCCC(=O)NC(COP(=O)([O-])OCC[N+](C)(C)C)C(O)CCCCCCCCCCCCCCCCC. The number of unbranched alkanes of at least 4 members (excludes halogenated alkanes) is 19. The minimum Gasteiger partial charge on any atom is -0.756 e. The van der Waals surface area contributed by atoms with Gasteiger partial charge in [-0.1, -0.05) is 263 Å². The van der Waals surface area contributed by atoms with Gasteiger partial charge in [0.25, 0.3) is 7.82 Å². The fourth-order valence-corrected chi connectivity index (χ4v) is 8.88. The van der Waals surface area contributed by atoms with Crippen molar-refractivity contribution < 1.29 is 32.9 Å². The lowest BCUT2D eigenvalue weighted by molar-refractivity contribution is -0.870. The van der Waals surface area contributed by atoms with Crippen LogP contribution in [0.3, 0.4) is 0 Å². The Hall–Kier alpha value is -3.36. The van der Waals surface area contributed by atoms with Crippen molar-refractivity contribution >= 4 is 13.7 Å². The van der Waals surface area contributed by atoms with Crippen molar-refractivity contribution in [3.05, 3.63) is 134 Å². The monoisotopic (exact) mass is 1070 g/mol. The number of hydrogen-bond donors (Lipinski definition) is 2. The van der Waals surface area contributed by atoms with Crippen molar-refractivity contribution in [3.63, 3.8) is 0 Å². The molecule has 8 nitrogen and oxygen atoms in total. The van der Waals surface area contributed by atoms with Crippen LogP contribution in [0, 0.1) is 0 Å². The molecule has 0 heterocycles. The summed E-state index contributed by atoms with van der Waals surface area (Å²) in [5.41, 5.74) is 0. The number of carbonyl (C=O) groups is 1. The Kier molecular flexibility index (Phi) is 53.9. The zero-order valence-electron chi connectivity index (χ0n) is 49.4. The van der Waals surface area contributed by atoms with Crippen molar-refractivity contribution in [1.82, 2.24) is 5.32 Å². The fourth-order valence-electron chi connectivity index (χ4n) is 8.16. The van der Waals surface area contributed by atoms with Gasteiger partial charge in [-0.15, -0.1) is 0 Å². The smallest absolute Gasteiger partial charge is 0.268 e. The lowest BCUT2D eigenvalue weighted by atomic mass is 10.0. The van der Waals surface area contributed by atoms with Gasteiger partial charge in [-0.05, 0) is 96.3 Å². The summed E-state index contributed by atoms with van der Waals surface area (Å²) in [7, 11) is 1.27. The van der Waals surface area contributed by atoms with Crippen molar-refractivity contribution in [2.24, 2.45) is 0 Å². The largest absolute Gasteiger partial charge is 0.756 e. The molecule has 0 saturated heterocycles. The number of amides is 1. The molecule has 0 rings (SSSR count). The van der Waals surface area contributed by atoms with E-state index in [2.05, 4.69) is 153 Å². The third kappa shape index (κ3) is 58.3. The molecule has 0 saturated carbocycles. The average molecular weight is 1080 g/mol. The molecule has 434 valence electrons. The van der Waals surface area contributed by atoms with E-state index in [-0.39, 0.29) is 19.1 Å². The maximum Gasteiger partial charge on any atom is 0.268 e. The first-order valence-electron chi connectivity index (χ1n) is 30.5. The molecule has 0 aliphatic heterocycles. The Balaban J connectivity index is 4.17. The quantitative estimate of drug-likeness (QED) is 0.0272. The van der Waals surface area contributed by atoms with Gasteiger partial charge in [-0.25, -0.2) is 0 Å². The minimum atomic E-state index is -4.59. The number of phosphoric acid groups is 1. The Morgan fingerprint density at radius 3 is 1.17 bits per heavy atom. The lowest BCUT2D eigenvalue weighted by Gasteiger charge is -2.30. The molecule has 0 aromatic carbocycles. The zero-order chi connectivity index (χ0) is 55.6. The van der Waals surface area contributed by atoms with E-state index in [1.807, 2.05) is 21.1 Å². The first kappa shape index (κ1) is 72.6. The summed E-state index contributed by atoms with van der Waals surface area (Å²) in [6.07, 6.45) is 84.9. The molecule has 3 atom stereocenters. The number of phosphoric ester groups is 1. The molecular weight excluding hydrogens is 960 g/mol. The molecule has 2 N–H and O–H groups in total. The minimum absolute atomic E-state index is 0.00141. The Morgan fingerprint density at radius 2 is 0.803 bits per heavy atom. The normalized spacial score (nSPS) is 14.8. The number of allylic oxidation sites excluding steroid dienone is 22. The van der Waals surface area contributed by atoms with Gasteiger partial charge in [-0.2, -0.15) is 0 Å². The van der Waals surface area contributed by atoms with E-state index in [0.717, 1.165) is 128 Å². The molecule has 9 heteroatoms. The molecule has 0 spiro atoms. The van der Waals surface area contributed by atoms with Crippen LogP contribution in [0.2, 0.25) is 0 Å². The van der Waals surface area contributed by atoms with Gasteiger partial charge in [0.1, 0.15) is 13.2 Å². The van der Waals surface area contributed by atoms with Crippen LogP contribution in [-0.4, -0.2) is 68.5 Å². The molecule has 0 bridgehead atoms. The highest BCUT2D eigenvalue weighted by molar-refractivity contribution is 7.45. The fraction of sp³-hybridized carbons (Fsp3) is 0.657. The van der Waals surface area contributed by atoms with Crippen molar-refractivity contribution in [2.75, 3.05) is 40.9 Å². The van der Waals surface area contributed by atoms with Crippen LogP contribution < -0.4 is 10.2 Å². The summed E-state index contributed by atoms with van der Waals surface area (Å²) in [6, 6.07) is -0.821. The highest BCUT2D eigenvalue weighted by atomic mass is 31.2. The maximum atomic E-state index is 13.0. The zero-order valence-corrected chi connectivity index (χ0v) is 50.3. The van der Waals surface area contributed by atoms with Gasteiger partial charge >= 0.3 is 0 Å². The van der Waals surface area contributed by atoms with Crippen LogP contribution in [0.4, 0.5) is 0 Å². The predicted molar refractivity (Wildman–Crippen MR) is 329 cm³/mol. The maximum absolute atomic E-state index is 13.0. The summed E-state index contributed by atoms with van der Waals surface area (Å²) in [5, 5.41) is 14.0.